The number of nitrogens with one attached hydrogen (secondary N) is 1. The number of aromatic nitrogens is 2. The number of halogens is 1. The largest absolute Gasteiger partial charge is 0.452 e. The normalized spacial score (nSPS) is 10.3. The Balaban J connectivity index is 1.84. The number of carbonyl (C=O) groups is 3. The summed E-state index contributed by atoms with van der Waals surface area (Å²) >= 11 is 5.95. The number of hydrogen-bond acceptors (Lipinski definition) is 6. The van der Waals surface area contributed by atoms with Crippen molar-refractivity contribution in [2.75, 3.05) is 13.2 Å². The molecule has 0 bridgehead atoms. The number of hydrogen-bond donors (Lipinski definition) is 1. The van der Waals surface area contributed by atoms with E-state index in [0.717, 1.165) is 5.69 Å². The zero-order valence-corrected chi connectivity index (χ0v) is 16.8. The highest BCUT2D eigenvalue weighted by Gasteiger charge is 2.21. The molecule has 0 saturated heterocycles. The zero-order valence-electron chi connectivity index (χ0n) is 16.0. The van der Waals surface area contributed by atoms with Crippen molar-refractivity contribution in [1.82, 2.24) is 15.1 Å². The van der Waals surface area contributed by atoms with Crippen LogP contribution >= 0.6 is 11.6 Å². The molecule has 0 atom stereocenters. The Morgan fingerprint density at radius 1 is 1.03 bits per heavy atom. The molecule has 2 amide bonds. The molecule has 0 fully saturated rings. The van der Waals surface area contributed by atoms with Crippen molar-refractivity contribution in [3.63, 3.8) is 0 Å². The van der Waals surface area contributed by atoms with E-state index in [1.54, 1.807) is 35.9 Å². The molecule has 1 heterocycles. The highest BCUT2D eigenvalue weighted by atomic mass is 35.5. The summed E-state index contributed by atoms with van der Waals surface area (Å²) < 4.78 is 11.2. The van der Waals surface area contributed by atoms with Gasteiger partial charge < -0.3 is 9.47 Å². The Hall–Kier alpha value is -3.65. The predicted molar refractivity (Wildman–Crippen MR) is 109 cm³/mol. The third-order valence-electron chi connectivity index (χ3n) is 3.92. The monoisotopic (exact) mass is 427 g/mol. The number of benzene rings is 2. The molecule has 0 radical (unpaired) electrons. The second-order valence-corrected chi connectivity index (χ2v) is 6.46. The lowest BCUT2D eigenvalue weighted by molar-refractivity contribution is -0.123. The van der Waals surface area contributed by atoms with E-state index in [1.165, 1.54) is 6.20 Å². The third-order valence-corrected chi connectivity index (χ3v) is 4.18. The Bertz CT molecular complexity index is 1050. The number of alkyl carbamates (subject to hydrolysis) is 1. The summed E-state index contributed by atoms with van der Waals surface area (Å²) in [5.74, 6) is -1.56. The van der Waals surface area contributed by atoms with Crippen LogP contribution in [0.1, 0.15) is 17.3 Å². The maximum absolute atomic E-state index is 12.7. The lowest BCUT2D eigenvalue weighted by Crippen LogP contribution is -2.34. The highest BCUT2D eigenvalue weighted by Crippen LogP contribution is 2.26. The van der Waals surface area contributed by atoms with Crippen LogP contribution in [0.4, 0.5) is 4.79 Å². The first kappa shape index (κ1) is 21.1. The van der Waals surface area contributed by atoms with E-state index in [1.807, 2.05) is 35.6 Å². The predicted octanol–water partition coefficient (Wildman–Crippen LogP) is 3.62. The van der Waals surface area contributed by atoms with Gasteiger partial charge in [0.2, 0.25) is 0 Å². The SMILES string of the molecule is CCOC(=O)NC(=O)COC(=O)c1cn(-c2ccccc2)nc1-c1ccc(Cl)cc1. The average molecular weight is 428 g/mol. The summed E-state index contributed by atoms with van der Waals surface area (Å²) in [5.41, 5.74) is 1.92. The molecule has 3 aromatic rings. The zero-order chi connectivity index (χ0) is 21.5. The van der Waals surface area contributed by atoms with Crippen LogP contribution in [0, 0.1) is 0 Å². The van der Waals surface area contributed by atoms with Gasteiger partial charge >= 0.3 is 12.1 Å². The summed E-state index contributed by atoms with van der Waals surface area (Å²) in [5, 5.41) is 7.00. The topological polar surface area (TPSA) is 99.5 Å². The van der Waals surface area contributed by atoms with Crippen molar-refractivity contribution in [2.24, 2.45) is 0 Å². The molecular formula is C21H18ClN3O5. The van der Waals surface area contributed by atoms with E-state index in [9.17, 15) is 14.4 Å². The van der Waals surface area contributed by atoms with Gasteiger partial charge in [-0.1, -0.05) is 41.9 Å². The van der Waals surface area contributed by atoms with Crippen LogP contribution in [0.5, 0.6) is 0 Å². The molecule has 30 heavy (non-hydrogen) atoms. The maximum Gasteiger partial charge on any atom is 0.413 e. The van der Waals surface area contributed by atoms with Crippen LogP contribution in [0.25, 0.3) is 16.9 Å². The number of nitrogens with zero attached hydrogens (tertiary/aromatic N) is 2. The fourth-order valence-electron chi connectivity index (χ4n) is 2.58. The average Bonchev–Trinajstić information content (AvgIpc) is 3.19. The molecule has 0 saturated carbocycles. The number of carbonyl (C=O) groups excluding carboxylic acids is 3. The first-order chi connectivity index (χ1) is 14.5. The van der Waals surface area contributed by atoms with Gasteiger partial charge in [0.15, 0.2) is 6.61 Å². The molecule has 0 aliphatic heterocycles. The quantitative estimate of drug-likeness (QED) is 0.603. The smallest absolute Gasteiger partial charge is 0.413 e. The van der Waals surface area contributed by atoms with Gasteiger partial charge in [-0.2, -0.15) is 5.10 Å². The first-order valence-electron chi connectivity index (χ1n) is 9.02. The maximum atomic E-state index is 12.7. The molecule has 0 unspecified atom stereocenters. The number of ether oxygens (including phenoxy) is 2. The van der Waals surface area contributed by atoms with E-state index in [4.69, 9.17) is 16.3 Å². The summed E-state index contributed by atoms with van der Waals surface area (Å²) in [6.07, 6.45) is 0.613. The molecular weight excluding hydrogens is 410 g/mol. The lowest BCUT2D eigenvalue weighted by atomic mass is 10.1. The summed E-state index contributed by atoms with van der Waals surface area (Å²) in [6, 6.07) is 16.0. The molecule has 2 aromatic carbocycles. The van der Waals surface area contributed by atoms with Crippen LogP contribution in [-0.2, 0) is 14.3 Å². The fraction of sp³-hybridized carbons (Fsp3) is 0.143. The molecule has 154 valence electrons. The third kappa shape index (κ3) is 5.24. The van der Waals surface area contributed by atoms with Gasteiger partial charge in [0.1, 0.15) is 11.3 Å². The second-order valence-electron chi connectivity index (χ2n) is 6.02. The van der Waals surface area contributed by atoms with Crippen molar-refractivity contribution in [1.29, 1.82) is 0 Å². The van der Waals surface area contributed by atoms with Gasteiger partial charge in [0.05, 0.1) is 12.3 Å². The summed E-state index contributed by atoms with van der Waals surface area (Å²) in [6.45, 7) is 1.07. The van der Waals surface area contributed by atoms with E-state index in [0.29, 0.717) is 16.3 Å². The minimum atomic E-state index is -0.905. The summed E-state index contributed by atoms with van der Waals surface area (Å²) in [7, 11) is 0. The Morgan fingerprint density at radius 2 is 1.73 bits per heavy atom. The molecule has 1 aromatic heterocycles. The molecule has 9 heteroatoms. The van der Waals surface area contributed by atoms with Gasteiger partial charge in [-0.05, 0) is 31.2 Å². The lowest BCUT2D eigenvalue weighted by Gasteiger charge is -2.06. The highest BCUT2D eigenvalue weighted by molar-refractivity contribution is 6.30. The molecule has 8 nitrogen and oxygen atoms in total. The first-order valence-corrected chi connectivity index (χ1v) is 9.40. The Morgan fingerprint density at radius 3 is 2.40 bits per heavy atom. The van der Waals surface area contributed by atoms with Crippen LogP contribution in [0.3, 0.4) is 0 Å². The van der Waals surface area contributed by atoms with E-state index < -0.39 is 24.6 Å². The standard InChI is InChI=1S/C21H18ClN3O5/c1-2-29-21(28)23-18(26)13-30-20(27)17-12-25(16-6-4-3-5-7-16)24-19(17)14-8-10-15(22)11-9-14/h3-12H,2,13H2,1H3,(H,23,26,28). The minimum absolute atomic E-state index is 0.113. The number of rotatable bonds is 6. The van der Waals surface area contributed by atoms with E-state index in [2.05, 4.69) is 9.84 Å². The van der Waals surface area contributed by atoms with Crippen molar-refractivity contribution in [2.45, 2.75) is 6.92 Å². The van der Waals surface area contributed by atoms with Crippen LogP contribution in [-0.4, -0.2) is 41.0 Å². The van der Waals surface area contributed by atoms with E-state index >= 15 is 0 Å². The number of amides is 2. The van der Waals surface area contributed by atoms with Crippen molar-refractivity contribution >= 4 is 29.6 Å². The molecule has 0 spiro atoms. The van der Waals surface area contributed by atoms with Crippen LogP contribution in [0.2, 0.25) is 5.02 Å². The van der Waals surface area contributed by atoms with Crippen LogP contribution < -0.4 is 5.32 Å². The number of esters is 1. The number of para-hydroxylation sites is 1. The molecule has 3 rings (SSSR count). The molecule has 0 aliphatic rings. The second kappa shape index (κ2) is 9.71. The van der Waals surface area contributed by atoms with Crippen molar-refractivity contribution in [3.8, 4) is 16.9 Å². The van der Waals surface area contributed by atoms with Crippen molar-refractivity contribution < 1.29 is 23.9 Å². The minimum Gasteiger partial charge on any atom is -0.452 e. The van der Waals surface area contributed by atoms with Gasteiger partial charge in [0.25, 0.3) is 5.91 Å². The van der Waals surface area contributed by atoms with Crippen LogP contribution in [0.15, 0.2) is 60.8 Å². The van der Waals surface area contributed by atoms with Crippen molar-refractivity contribution in [3.05, 3.63) is 71.4 Å². The Kier molecular flexibility index (Phi) is 6.82. The van der Waals surface area contributed by atoms with Gasteiger partial charge in [-0.25, -0.2) is 14.3 Å². The molecule has 1 N–H and O–H groups in total. The number of imide groups is 1. The van der Waals surface area contributed by atoms with Gasteiger partial charge in [0, 0.05) is 16.8 Å². The summed E-state index contributed by atoms with van der Waals surface area (Å²) in [4.78, 5) is 35.7. The fourth-order valence-corrected chi connectivity index (χ4v) is 2.71. The van der Waals surface area contributed by atoms with Gasteiger partial charge in [-0.15, -0.1) is 0 Å². The Labute approximate surface area is 177 Å². The van der Waals surface area contributed by atoms with Gasteiger partial charge in [-0.3, -0.25) is 10.1 Å². The molecule has 0 aliphatic carbocycles. The van der Waals surface area contributed by atoms with E-state index in [-0.39, 0.29) is 12.2 Å².